The van der Waals surface area contributed by atoms with Crippen LogP contribution in [0.15, 0.2) is 30.5 Å². The Balaban J connectivity index is 1.78. The van der Waals surface area contributed by atoms with Crippen LogP contribution in [0.2, 0.25) is 0 Å². The highest BCUT2D eigenvalue weighted by molar-refractivity contribution is 5.98. The molecule has 3 N–H and O–H groups in total. The first kappa shape index (κ1) is 25.2. The molecule has 10 heteroatoms. The molecule has 182 valence electrons. The molecular formula is C24H28F3N5O2. The van der Waals surface area contributed by atoms with Gasteiger partial charge in [0.2, 0.25) is 5.91 Å². The third-order valence-corrected chi connectivity index (χ3v) is 5.73. The largest absolute Gasteiger partial charge is 0.416 e. The second-order valence-corrected chi connectivity index (χ2v) is 8.79. The number of fused-ring (bicyclic) bond motifs is 1. The number of nitrogens with one attached hydrogen (secondary N) is 1. The minimum atomic E-state index is -4.45. The summed E-state index contributed by atoms with van der Waals surface area (Å²) < 4.78 is 41.0. The molecule has 0 fully saturated rings. The van der Waals surface area contributed by atoms with Gasteiger partial charge in [-0.2, -0.15) is 18.3 Å². The number of benzene rings is 1. The molecule has 0 saturated heterocycles. The first-order chi connectivity index (χ1) is 15.9. The second-order valence-electron chi connectivity index (χ2n) is 8.79. The van der Waals surface area contributed by atoms with Crippen LogP contribution in [0.5, 0.6) is 0 Å². The molecule has 1 atom stereocenters. The molecule has 3 aromatic rings. The Morgan fingerprint density at radius 3 is 2.53 bits per heavy atom. The smallest absolute Gasteiger partial charge is 0.365 e. The van der Waals surface area contributed by atoms with Crippen molar-refractivity contribution >= 4 is 17.5 Å². The number of carbonyl (C=O) groups excluding carboxylic acids is 2. The van der Waals surface area contributed by atoms with E-state index in [1.165, 1.54) is 16.8 Å². The van der Waals surface area contributed by atoms with Crippen LogP contribution in [-0.4, -0.2) is 26.4 Å². The van der Waals surface area contributed by atoms with E-state index in [0.29, 0.717) is 29.7 Å². The van der Waals surface area contributed by atoms with E-state index in [-0.39, 0.29) is 23.8 Å². The topological polar surface area (TPSA) is 102 Å². The van der Waals surface area contributed by atoms with E-state index < -0.39 is 23.7 Å². The van der Waals surface area contributed by atoms with Crippen molar-refractivity contribution in [3.05, 3.63) is 64.1 Å². The molecule has 0 saturated carbocycles. The third-order valence-electron chi connectivity index (χ3n) is 5.73. The number of aromatic nitrogens is 3. The zero-order valence-electron chi connectivity index (χ0n) is 19.5. The van der Waals surface area contributed by atoms with Gasteiger partial charge in [0.1, 0.15) is 5.56 Å². The maximum absolute atomic E-state index is 13.2. The lowest BCUT2D eigenvalue weighted by Crippen LogP contribution is -2.30. The van der Waals surface area contributed by atoms with Gasteiger partial charge in [-0.25, -0.2) is 9.50 Å². The molecule has 0 aliphatic carbocycles. The lowest BCUT2D eigenvalue weighted by atomic mass is 9.95. The van der Waals surface area contributed by atoms with E-state index in [2.05, 4.69) is 15.4 Å². The van der Waals surface area contributed by atoms with Crippen molar-refractivity contribution in [2.75, 3.05) is 0 Å². The number of halogens is 3. The summed E-state index contributed by atoms with van der Waals surface area (Å²) in [4.78, 5) is 28.8. The van der Waals surface area contributed by atoms with E-state index >= 15 is 0 Å². The fraction of sp³-hybridized carbons (Fsp3) is 0.417. The van der Waals surface area contributed by atoms with Crippen molar-refractivity contribution in [3.63, 3.8) is 0 Å². The molecular weight excluding hydrogens is 447 g/mol. The van der Waals surface area contributed by atoms with Gasteiger partial charge in [0, 0.05) is 17.8 Å². The van der Waals surface area contributed by atoms with Gasteiger partial charge in [0.15, 0.2) is 5.65 Å². The standard InChI is InChI=1S/C24H28F3N5O2/c1-13(2)10-20(16-6-5-7-17(11-16)24(25,26)27)31-21(33)9-8-18-14(3)30-23-19(22(28)34)12-29-32(23)15(18)4/h5-7,11-13,20H,8-10H2,1-4H3,(H2,28,34)(H,31,33)/t20-/m0/s1. The van der Waals surface area contributed by atoms with Gasteiger partial charge in [-0.3, -0.25) is 9.59 Å². The van der Waals surface area contributed by atoms with Crippen molar-refractivity contribution in [2.45, 2.75) is 59.2 Å². The number of hydrogen-bond donors (Lipinski definition) is 2. The second kappa shape index (κ2) is 9.82. The van der Waals surface area contributed by atoms with Crippen LogP contribution < -0.4 is 11.1 Å². The fourth-order valence-corrected chi connectivity index (χ4v) is 4.03. The number of carbonyl (C=O) groups is 2. The summed E-state index contributed by atoms with van der Waals surface area (Å²) in [7, 11) is 0. The Morgan fingerprint density at radius 1 is 1.21 bits per heavy atom. The zero-order valence-corrected chi connectivity index (χ0v) is 19.5. The highest BCUT2D eigenvalue weighted by Crippen LogP contribution is 2.32. The van der Waals surface area contributed by atoms with E-state index in [1.807, 2.05) is 20.8 Å². The minimum Gasteiger partial charge on any atom is -0.365 e. The number of hydrogen-bond acceptors (Lipinski definition) is 4. The van der Waals surface area contributed by atoms with Gasteiger partial charge >= 0.3 is 6.18 Å². The van der Waals surface area contributed by atoms with E-state index in [4.69, 9.17) is 5.73 Å². The Morgan fingerprint density at radius 2 is 1.91 bits per heavy atom. The molecule has 0 unspecified atom stereocenters. The summed E-state index contributed by atoms with van der Waals surface area (Å²) in [5.74, 6) is -0.741. The van der Waals surface area contributed by atoms with Crippen LogP contribution in [0.25, 0.3) is 5.65 Å². The quantitative estimate of drug-likeness (QED) is 0.507. The lowest BCUT2D eigenvalue weighted by Gasteiger charge is -2.22. The molecule has 2 amide bonds. The maximum Gasteiger partial charge on any atom is 0.416 e. The van der Waals surface area contributed by atoms with Crippen LogP contribution in [0.4, 0.5) is 13.2 Å². The Labute approximate surface area is 195 Å². The van der Waals surface area contributed by atoms with E-state index in [1.54, 1.807) is 13.0 Å². The number of nitrogens with zero attached hydrogens (tertiary/aromatic N) is 3. The van der Waals surface area contributed by atoms with Crippen molar-refractivity contribution in [2.24, 2.45) is 11.7 Å². The summed E-state index contributed by atoms with van der Waals surface area (Å²) in [6.45, 7) is 7.49. The lowest BCUT2D eigenvalue weighted by molar-refractivity contribution is -0.137. The first-order valence-electron chi connectivity index (χ1n) is 11.0. The number of amides is 2. The normalized spacial score (nSPS) is 12.8. The van der Waals surface area contributed by atoms with Crippen LogP contribution >= 0.6 is 0 Å². The van der Waals surface area contributed by atoms with Gasteiger partial charge in [0.25, 0.3) is 5.91 Å². The SMILES string of the molecule is Cc1nc2c(C(N)=O)cnn2c(C)c1CCC(=O)N[C@@H](CC(C)C)c1cccc(C(F)(F)F)c1. The predicted molar refractivity (Wildman–Crippen MR) is 121 cm³/mol. The summed E-state index contributed by atoms with van der Waals surface area (Å²) in [5.41, 5.74) is 7.82. The van der Waals surface area contributed by atoms with Crippen LogP contribution in [0, 0.1) is 19.8 Å². The van der Waals surface area contributed by atoms with Crippen molar-refractivity contribution in [3.8, 4) is 0 Å². The van der Waals surface area contributed by atoms with Crippen molar-refractivity contribution < 1.29 is 22.8 Å². The molecule has 1 aromatic carbocycles. The maximum atomic E-state index is 13.2. The molecule has 2 heterocycles. The van der Waals surface area contributed by atoms with E-state index in [9.17, 15) is 22.8 Å². The van der Waals surface area contributed by atoms with Gasteiger partial charge < -0.3 is 11.1 Å². The van der Waals surface area contributed by atoms with Crippen LogP contribution in [-0.2, 0) is 17.4 Å². The Kier molecular flexibility index (Phi) is 7.28. The summed E-state index contributed by atoms with van der Waals surface area (Å²) in [5, 5.41) is 7.08. The molecule has 0 aliphatic heterocycles. The molecule has 0 bridgehead atoms. The third kappa shape index (κ3) is 5.55. The zero-order chi connectivity index (χ0) is 25.2. The molecule has 3 rings (SSSR count). The molecule has 7 nitrogen and oxygen atoms in total. The van der Waals surface area contributed by atoms with Gasteiger partial charge in [0.05, 0.1) is 17.8 Å². The van der Waals surface area contributed by atoms with E-state index in [0.717, 1.165) is 23.4 Å². The van der Waals surface area contributed by atoms with Gasteiger partial charge in [-0.1, -0.05) is 26.0 Å². The number of rotatable bonds is 8. The highest BCUT2D eigenvalue weighted by atomic mass is 19.4. The predicted octanol–water partition coefficient (Wildman–Crippen LogP) is 4.30. The number of primary amides is 1. The first-order valence-corrected chi connectivity index (χ1v) is 11.0. The number of nitrogens with two attached hydrogens (primary N) is 1. The molecule has 0 spiro atoms. The summed E-state index contributed by atoms with van der Waals surface area (Å²) in [6, 6.07) is 4.53. The van der Waals surface area contributed by atoms with Crippen molar-refractivity contribution in [1.82, 2.24) is 19.9 Å². The monoisotopic (exact) mass is 475 g/mol. The molecule has 0 radical (unpaired) electrons. The molecule has 0 aliphatic rings. The Bertz CT molecular complexity index is 1220. The average molecular weight is 476 g/mol. The number of aryl methyl sites for hydroxylation is 2. The minimum absolute atomic E-state index is 0.117. The molecule has 34 heavy (non-hydrogen) atoms. The van der Waals surface area contributed by atoms with Crippen LogP contribution in [0.3, 0.4) is 0 Å². The fourth-order valence-electron chi connectivity index (χ4n) is 4.03. The summed E-state index contributed by atoms with van der Waals surface area (Å²) in [6.07, 6.45) is -2.12. The average Bonchev–Trinajstić information content (AvgIpc) is 3.16. The highest BCUT2D eigenvalue weighted by Gasteiger charge is 2.31. The Hall–Kier alpha value is -3.43. The van der Waals surface area contributed by atoms with Gasteiger partial charge in [-0.05, 0) is 55.9 Å². The van der Waals surface area contributed by atoms with Crippen molar-refractivity contribution in [1.29, 1.82) is 0 Å². The summed E-state index contributed by atoms with van der Waals surface area (Å²) >= 11 is 0. The van der Waals surface area contributed by atoms with Crippen LogP contribution in [0.1, 0.15) is 71.2 Å². The number of alkyl halides is 3. The van der Waals surface area contributed by atoms with Gasteiger partial charge in [-0.15, -0.1) is 0 Å². The molecule has 2 aromatic heterocycles.